The van der Waals surface area contributed by atoms with Gasteiger partial charge in [0.15, 0.2) is 0 Å². The predicted molar refractivity (Wildman–Crippen MR) is 117 cm³/mol. The number of thiazole rings is 1. The van der Waals surface area contributed by atoms with Gasteiger partial charge in [-0.3, -0.25) is 4.79 Å². The Morgan fingerprint density at radius 1 is 1.17 bits per heavy atom. The lowest BCUT2D eigenvalue weighted by Gasteiger charge is -2.59. The number of amides is 1. The summed E-state index contributed by atoms with van der Waals surface area (Å²) in [5, 5.41) is 6.02. The minimum Gasteiger partial charge on any atom is -0.348 e. The normalized spacial score (nSPS) is 32.1. The van der Waals surface area contributed by atoms with E-state index in [-0.39, 0.29) is 18.0 Å². The van der Waals surface area contributed by atoms with Crippen LogP contribution in [0.15, 0.2) is 35.7 Å². The Morgan fingerprint density at radius 2 is 1.79 bits per heavy atom. The third kappa shape index (κ3) is 3.75. The van der Waals surface area contributed by atoms with Gasteiger partial charge in [-0.2, -0.15) is 0 Å². The minimum atomic E-state index is -0.176. The van der Waals surface area contributed by atoms with Crippen LogP contribution in [0.2, 0.25) is 0 Å². The number of nitrogens with two attached hydrogens (primary N) is 1. The van der Waals surface area contributed by atoms with E-state index in [0.717, 1.165) is 29.2 Å². The van der Waals surface area contributed by atoms with Crippen molar-refractivity contribution in [1.82, 2.24) is 10.3 Å². The number of rotatable bonds is 6. The molecule has 0 saturated heterocycles. The summed E-state index contributed by atoms with van der Waals surface area (Å²) in [6.45, 7) is 2.22. The highest BCUT2D eigenvalue weighted by atomic mass is 32.1. The maximum absolute atomic E-state index is 12.9. The van der Waals surface area contributed by atoms with Crippen LogP contribution < -0.4 is 11.1 Å². The van der Waals surface area contributed by atoms with Gasteiger partial charge < -0.3 is 11.1 Å². The van der Waals surface area contributed by atoms with Crippen molar-refractivity contribution < 1.29 is 4.79 Å². The molecule has 6 rings (SSSR count). The van der Waals surface area contributed by atoms with Gasteiger partial charge in [-0.15, -0.1) is 11.3 Å². The first kappa shape index (κ1) is 19.3. The summed E-state index contributed by atoms with van der Waals surface area (Å²) in [5.41, 5.74) is 8.38. The van der Waals surface area contributed by atoms with E-state index >= 15 is 0 Å². The van der Waals surface area contributed by atoms with Crippen LogP contribution in [0.3, 0.4) is 0 Å². The van der Waals surface area contributed by atoms with Crippen molar-refractivity contribution >= 4 is 17.2 Å². The number of benzene rings is 1. The second kappa shape index (κ2) is 7.51. The van der Waals surface area contributed by atoms with E-state index in [9.17, 15) is 4.79 Å². The van der Waals surface area contributed by atoms with Crippen LogP contribution in [0.5, 0.6) is 0 Å². The molecule has 0 aliphatic heterocycles. The van der Waals surface area contributed by atoms with Crippen molar-refractivity contribution in [3.05, 3.63) is 52.0 Å². The summed E-state index contributed by atoms with van der Waals surface area (Å²) >= 11 is 1.49. The number of carbonyl (C=O) groups is 1. The summed E-state index contributed by atoms with van der Waals surface area (Å²) in [7, 11) is 0. The van der Waals surface area contributed by atoms with Crippen LogP contribution in [0.25, 0.3) is 0 Å². The second-order valence-electron chi connectivity index (χ2n) is 9.84. The molecule has 4 aliphatic carbocycles. The van der Waals surface area contributed by atoms with Crippen LogP contribution in [-0.2, 0) is 6.42 Å². The van der Waals surface area contributed by atoms with Crippen LogP contribution in [0.4, 0.5) is 0 Å². The monoisotopic (exact) mass is 409 g/mol. The van der Waals surface area contributed by atoms with Gasteiger partial charge in [0.2, 0.25) is 0 Å². The third-order valence-electron chi connectivity index (χ3n) is 7.72. The van der Waals surface area contributed by atoms with Gasteiger partial charge in [-0.05, 0) is 80.6 Å². The van der Waals surface area contributed by atoms with Crippen molar-refractivity contribution in [3.63, 3.8) is 0 Å². The molecule has 4 fully saturated rings. The van der Waals surface area contributed by atoms with Crippen molar-refractivity contribution in [2.75, 3.05) is 0 Å². The number of carbonyl (C=O) groups excluding carboxylic acids is 1. The van der Waals surface area contributed by atoms with E-state index in [1.54, 1.807) is 0 Å². The molecule has 5 heteroatoms. The van der Waals surface area contributed by atoms with Gasteiger partial charge in [0.05, 0.1) is 6.04 Å². The van der Waals surface area contributed by atoms with Crippen molar-refractivity contribution in [2.45, 2.75) is 64.0 Å². The van der Waals surface area contributed by atoms with E-state index in [0.29, 0.717) is 11.1 Å². The van der Waals surface area contributed by atoms with Gasteiger partial charge in [0.25, 0.3) is 5.91 Å². The Kier molecular flexibility index (Phi) is 4.99. The topological polar surface area (TPSA) is 68.0 Å². The highest BCUT2D eigenvalue weighted by molar-refractivity contribution is 7.09. The molecule has 154 valence electrons. The summed E-state index contributed by atoms with van der Waals surface area (Å²) < 4.78 is 0. The van der Waals surface area contributed by atoms with Gasteiger partial charge in [0, 0.05) is 11.4 Å². The zero-order valence-corrected chi connectivity index (χ0v) is 18.0. The average molecular weight is 410 g/mol. The van der Waals surface area contributed by atoms with Gasteiger partial charge in [-0.25, -0.2) is 4.98 Å². The van der Waals surface area contributed by atoms with Crippen LogP contribution in [0, 0.1) is 23.2 Å². The maximum atomic E-state index is 12.9. The molecule has 29 heavy (non-hydrogen) atoms. The van der Waals surface area contributed by atoms with E-state index in [2.05, 4.69) is 29.4 Å². The average Bonchev–Trinajstić information content (AvgIpc) is 3.18. The second-order valence-corrected chi connectivity index (χ2v) is 10.7. The standard InChI is InChI=1S/C24H31N3OS/c1-15(24-11-17-7-18(12-24)9-19(8-17)13-24)26-22(28)21-14-29-23(27-21)20(25)10-16-5-3-2-4-6-16/h2-6,14-15,17-20H,7-13,25H2,1H3,(H,26,28). The fourth-order valence-electron chi connectivity index (χ4n) is 6.65. The number of nitrogens with zero attached hydrogens (tertiary/aromatic N) is 1. The molecule has 0 spiro atoms. The Morgan fingerprint density at radius 3 is 2.41 bits per heavy atom. The Balaban J connectivity index is 1.24. The molecular formula is C24H31N3OS. The molecule has 4 bridgehead atoms. The quantitative estimate of drug-likeness (QED) is 0.725. The van der Waals surface area contributed by atoms with Crippen molar-refractivity contribution in [3.8, 4) is 0 Å². The molecule has 4 aliphatic rings. The molecule has 2 unspecified atom stereocenters. The fraction of sp³-hybridized carbons (Fsp3) is 0.583. The van der Waals surface area contributed by atoms with Crippen molar-refractivity contribution in [1.29, 1.82) is 0 Å². The maximum Gasteiger partial charge on any atom is 0.270 e. The Hall–Kier alpha value is -1.72. The first-order valence-corrected chi connectivity index (χ1v) is 11.9. The summed E-state index contributed by atoms with van der Waals surface area (Å²) in [5.74, 6) is 2.63. The molecule has 2 atom stereocenters. The van der Waals surface area contributed by atoms with Crippen LogP contribution >= 0.6 is 11.3 Å². The number of hydrogen-bond acceptors (Lipinski definition) is 4. The molecule has 1 heterocycles. The number of nitrogens with one attached hydrogen (secondary N) is 1. The van der Waals surface area contributed by atoms with E-state index in [4.69, 9.17) is 5.73 Å². The molecule has 3 N–H and O–H groups in total. The highest BCUT2D eigenvalue weighted by Gasteiger charge is 2.53. The lowest BCUT2D eigenvalue weighted by atomic mass is 9.48. The highest BCUT2D eigenvalue weighted by Crippen LogP contribution is 2.61. The summed E-state index contributed by atoms with van der Waals surface area (Å²) in [4.78, 5) is 17.5. The molecule has 1 aromatic carbocycles. The largest absolute Gasteiger partial charge is 0.348 e. The van der Waals surface area contributed by atoms with Crippen LogP contribution in [0.1, 0.15) is 72.6 Å². The fourth-order valence-corrected chi connectivity index (χ4v) is 7.45. The summed E-state index contributed by atoms with van der Waals surface area (Å²) in [6.07, 6.45) is 8.90. The predicted octanol–water partition coefficient (Wildman–Crippen LogP) is 4.72. The Labute approximate surface area is 177 Å². The summed E-state index contributed by atoms with van der Waals surface area (Å²) in [6, 6.07) is 10.2. The minimum absolute atomic E-state index is 0.0392. The molecule has 1 aromatic heterocycles. The molecule has 0 radical (unpaired) electrons. The third-order valence-corrected chi connectivity index (χ3v) is 8.70. The van der Waals surface area contributed by atoms with Crippen LogP contribution in [-0.4, -0.2) is 16.9 Å². The van der Waals surface area contributed by atoms with E-state index < -0.39 is 0 Å². The van der Waals surface area contributed by atoms with E-state index in [1.807, 2.05) is 23.6 Å². The Bertz CT molecular complexity index is 842. The first-order valence-electron chi connectivity index (χ1n) is 11.1. The van der Waals surface area contributed by atoms with Gasteiger partial charge in [0.1, 0.15) is 10.7 Å². The lowest BCUT2D eigenvalue weighted by Crippen LogP contribution is -2.55. The smallest absolute Gasteiger partial charge is 0.270 e. The zero-order chi connectivity index (χ0) is 20.0. The molecule has 2 aromatic rings. The number of aromatic nitrogens is 1. The SMILES string of the molecule is CC(NC(=O)c1csc(C(N)Cc2ccccc2)n1)C12CC3CC(CC(C3)C1)C2. The molecule has 4 saturated carbocycles. The zero-order valence-electron chi connectivity index (χ0n) is 17.1. The molecular weight excluding hydrogens is 378 g/mol. The lowest BCUT2D eigenvalue weighted by molar-refractivity contribution is -0.0688. The van der Waals surface area contributed by atoms with Gasteiger partial charge >= 0.3 is 0 Å². The molecule has 1 amide bonds. The number of hydrogen-bond donors (Lipinski definition) is 2. The first-order chi connectivity index (χ1) is 14.0. The van der Waals surface area contributed by atoms with Gasteiger partial charge in [-0.1, -0.05) is 30.3 Å². The van der Waals surface area contributed by atoms with Crippen molar-refractivity contribution in [2.24, 2.45) is 28.9 Å². The molecule has 4 nitrogen and oxygen atoms in total. The van der Waals surface area contributed by atoms with E-state index in [1.165, 1.54) is 55.4 Å².